The van der Waals surface area contributed by atoms with E-state index in [-0.39, 0.29) is 17.4 Å². The number of aliphatic hydroxyl groups excluding tert-OH is 1. The third-order valence-corrected chi connectivity index (χ3v) is 5.32. The van der Waals surface area contributed by atoms with Gasteiger partial charge in [0.05, 0.1) is 32.2 Å². The fourth-order valence-electron chi connectivity index (χ4n) is 3.84. The summed E-state index contributed by atoms with van der Waals surface area (Å²) in [5.74, 6) is -0.379. The van der Waals surface area contributed by atoms with Gasteiger partial charge in [-0.1, -0.05) is 30.3 Å². The number of carbonyl (C=O) groups is 2. The van der Waals surface area contributed by atoms with Crippen LogP contribution in [0.3, 0.4) is 0 Å². The van der Waals surface area contributed by atoms with Crippen LogP contribution in [0.15, 0.2) is 42.7 Å². The van der Waals surface area contributed by atoms with Gasteiger partial charge in [-0.2, -0.15) is 0 Å². The number of imide groups is 1. The molecule has 146 valence electrons. The largest absolute Gasteiger partial charge is 0.501 e. The summed E-state index contributed by atoms with van der Waals surface area (Å²) >= 11 is 0. The molecule has 0 radical (unpaired) electrons. The molecule has 3 amide bonds. The third kappa shape index (κ3) is 4.67. The second-order valence-corrected chi connectivity index (χ2v) is 7.10. The Morgan fingerprint density at radius 1 is 1.33 bits per heavy atom. The highest BCUT2D eigenvalue weighted by atomic mass is 16.5. The molecule has 1 aromatic rings. The molecule has 27 heavy (non-hydrogen) atoms. The van der Waals surface area contributed by atoms with Crippen LogP contribution in [0.2, 0.25) is 0 Å². The van der Waals surface area contributed by atoms with Gasteiger partial charge in [0, 0.05) is 17.5 Å². The lowest BCUT2D eigenvalue weighted by atomic mass is 10.0. The minimum atomic E-state index is -0.564. The lowest BCUT2D eigenvalue weighted by Crippen LogP contribution is -2.44. The van der Waals surface area contributed by atoms with E-state index in [9.17, 15) is 14.7 Å². The molecule has 3 N–H and O–H groups in total. The van der Waals surface area contributed by atoms with Crippen molar-refractivity contribution in [3.05, 3.63) is 48.2 Å². The quantitative estimate of drug-likeness (QED) is 0.476. The van der Waals surface area contributed by atoms with Crippen molar-refractivity contribution in [1.29, 1.82) is 0 Å². The maximum Gasteiger partial charge on any atom is 0.321 e. The Hall–Kier alpha value is -2.38. The number of hydrogen-bond donors (Lipinski definition) is 3. The Bertz CT molecular complexity index is 693. The summed E-state index contributed by atoms with van der Waals surface area (Å²) in [5.41, 5.74) is 0.803. The van der Waals surface area contributed by atoms with Crippen molar-refractivity contribution in [2.45, 2.75) is 38.5 Å². The summed E-state index contributed by atoms with van der Waals surface area (Å²) < 4.78 is 10.7. The number of benzene rings is 1. The zero-order chi connectivity index (χ0) is 19.3. The fourth-order valence-corrected chi connectivity index (χ4v) is 3.84. The third-order valence-electron chi connectivity index (χ3n) is 5.32. The summed E-state index contributed by atoms with van der Waals surface area (Å²) in [4.78, 5) is 23.6. The summed E-state index contributed by atoms with van der Waals surface area (Å²) in [7, 11) is 0. The van der Waals surface area contributed by atoms with Crippen molar-refractivity contribution < 1.29 is 24.2 Å². The maximum absolute atomic E-state index is 12.0. The number of fused-ring (bicyclic) bond motifs is 1. The average molecular weight is 374 g/mol. The van der Waals surface area contributed by atoms with Crippen molar-refractivity contribution in [2.75, 3.05) is 13.2 Å². The van der Waals surface area contributed by atoms with Crippen LogP contribution in [0, 0.1) is 11.3 Å². The van der Waals surface area contributed by atoms with Gasteiger partial charge in [0.15, 0.2) is 0 Å². The number of nitrogens with one attached hydrogen (secondary N) is 2. The maximum atomic E-state index is 12.0. The molecule has 3 rings (SSSR count). The van der Waals surface area contributed by atoms with Crippen LogP contribution in [-0.2, 0) is 20.9 Å². The number of amides is 3. The molecule has 0 aliphatic heterocycles. The summed E-state index contributed by atoms with van der Waals surface area (Å²) in [5, 5.41) is 15.5. The second kappa shape index (κ2) is 8.54. The highest BCUT2D eigenvalue weighted by molar-refractivity contribution is 6.00. The predicted octanol–water partition coefficient (Wildman–Crippen LogP) is 1.72. The van der Waals surface area contributed by atoms with Crippen molar-refractivity contribution in [1.82, 2.24) is 10.6 Å². The standard InChI is InChI=1S/C20H26N2O5/c1-2-26-9-8-18(24)22-19(25)21-16-10-17(23)20(11-15(16)20)13-27-12-14-6-4-3-5-7-14/h3-9,15-17,23H,2,10-13H2,1H3,(H2,21,22,24,25)/b9-8+/t15-,16+,17+,20+/m1/s1. The van der Waals surface area contributed by atoms with E-state index in [1.807, 2.05) is 30.3 Å². The van der Waals surface area contributed by atoms with Crippen LogP contribution in [0.1, 0.15) is 25.3 Å². The smallest absolute Gasteiger partial charge is 0.321 e. The SMILES string of the molecule is CCO/C=C/C(=O)NC(=O)N[C@H]1C[C@H](O)[C@]2(COCc3ccccc3)C[C@H]12. The van der Waals surface area contributed by atoms with Gasteiger partial charge in [0.2, 0.25) is 0 Å². The van der Waals surface area contributed by atoms with E-state index in [1.165, 1.54) is 6.26 Å². The van der Waals surface area contributed by atoms with Crippen LogP contribution < -0.4 is 10.6 Å². The predicted molar refractivity (Wildman–Crippen MR) is 98.5 cm³/mol. The molecule has 2 aliphatic rings. The van der Waals surface area contributed by atoms with Crippen molar-refractivity contribution in [2.24, 2.45) is 11.3 Å². The Morgan fingerprint density at radius 3 is 2.81 bits per heavy atom. The Kier molecular flexibility index (Phi) is 6.13. The van der Waals surface area contributed by atoms with Gasteiger partial charge in [0.1, 0.15) is 0 Å². The van der Waals surface area contributed by atoms with Gasteiger partial charge in [0.25, 0.3) is 5.91 Å². The Labute approximate surface area is 158 Å². The number of ether oxygens (including phenoxy) is 2. The molecular formula is C20H26N2O5. The van der Waals surface area contributed by atoms with Gasteiger partial charge in [-0.05, 0) is 31.2 Å². The van der Waals surface area contributed by atoms with Gasteiger partial charge >= 0.3 is 6.03 Å². The highest BCUT2D eigenvalue weighted by Gasteiger charge is 2.67. The van der Waals surface area contributed by atoms with Crippen LogP contribution in [0.25, 0.3) is 0 Å². The van der Waals surface area contributed by atoms with E-state index >= 15 is 0 Å². The van der Waals surface area contributed by atoms with Crippen molar-refractivity contribution >= 4 is 11.9 Å². The van der Waals surface area contributed by atoms with Gasteiger partial charge in [-0.25, -0.2) is 4.79 Å². The van der Waals surface area contributed by atoms with Gasteiger partial charge in [-0.15, -0.1) is 0 Å². The van der Waals surface area contributed by atoms with Crippen molar-refractivity contribution in [3.63, 3.8) is 0 Å². The summed E-state index contributed by atoms with van der Waals surface area (Å²) in [6.45, 7) is 3.21. The van der Waals surface area contributed by atoms with Crippen LogP contribution in [0.5, 0.6) is 0 Å². The monoisotopic (exact) mass is 374 g/mol. The average Bonchev–Trinajstić information content (AvgIpc) is 3.32. The number of aliphatic hydroxyl groups is 1. The molecule has 1 aromatic carbocycles. The number of urea groups is 1. The Balaban J connectivity index is 1.44. The molecule has 0 spiro atoms. The molecule has 0 heterocycles. The van der Waals surface area contributed by atoms with E-state index in [4.69, 9.17) is 9.47 Å². The van der Waals surface area contributed by atoms with Gasteiger partial charge < -0.3 is 19.9 Å². The van der Waals surface area contributed by atoms with E-state index in [2.05, 4.69) is 10.6 Å². The highest BCUT2D eigenvalue weighted by Crippen LogP contribution is 2.63. The molecular weight excluding hydrogens is 348 g/mol. The molecule has 2 fully saturated rings. The summed E-state index contributed by atoms with van der Waals surface area (Å²) in [6.07, 6.45) is 3.17. The molecule has 0 aromatic heterocycles. The first-order chi connectivity index (χ1) is 13.0. The van der Waals surface area contributed by atoms with Crippen molar-refractivity contribution in [3.8, 4) is 0 Å². The molecule has 2 aliphatic carbocycles. The second-order valence-electron chi connectivity index (χ2n) is 7.10. The number of hydrogen-bond acceptors (Lipinski definition) is 5. The van der Waals surface area contributed by atoms with Gasteiger partial charge in [-0.3, -0.25) is 10.1 Å². The van der Waals surface area contributed by atoms with E-state index in [0.717, 1.165) is 18.1 Å². The zero-order valence-electron chi connectivity index (χ0n) is 15.4. The molecule has 0 saturated heterocycles. The molecule has 4 atom stereocenters. The van der Waals surface area contributed by atoms with Crippen LogP contribution in [-0.4, -0.2) is 42.4 Å². The van der Waals surface area contributed by atoms with E-state index in [1.54, 1.807) is 6.92 Å². The minimum absolute atomic E-state index is 0.163. The topological polar surface area (TPSA) is 96.9 Å². The molecule has 0 unspecified atom stereocenters. The lowest BCUT2D eigenvalue weighted by Gasteiger charge is -2.18. The van der Waals surface area contributed by atoms with E-state index in [0.29, 0.717) is 26.2 Å². The summed E-state index contributed by atoms with van der Waals surface area (Å²) in [6, 6.07) is 9.15. The molecule has 7 heteroatoms. The van der Waals surface area contributed by atoms with E-state index < -0.39 is 18.0 Å². The first kappa shape index (κ1) is 19.4. The Morgan fingerprint density at radius 2 is 2.11 bits per heavy atom. The fraction of sp³-hybridized carbons (Fsp3) is 0.500. The molecule has 0 bridgehead atoms. The number of rotatable bonds is 8. The normalized spacial score (nSPS) is 28.6. The van der Waals surface area contributed by atoms with Crippen LogP contribution in [0.4, 0.5) is 4.79 Å². The van der Waals surface area contributed by atoms with Crippen LogP contribution >= 0.6 is 0 Å². The number of carbonyl (C=O) groups excluding carboxylic acids is 2. The lowest BCUT2D eigenvalue weighted by molar-refractivity contribution is -0.115. The molecule has 7 nitrogen and oxygen atoms in total. The molecule has 2 saturated carbocycles. The zero-order valence-corrected chi connectivity index (χ0v) is 15.4. The first-order valence-corrected chi connectivity index (χ1v) is 9.24. The first-order valence-electron chi connectivity index (χ1n) is 9.24. The minimum Gasteiger partial charge on any atom is -0.501 e.